The standard InChI is InChI=1S/C22H45NO3/c1-20(2)14-10-6-4-5-9-13-19-26-22(25)21(3)15-11-7-8-12-16-23-17-18-24/h20-21,23-24H,4-19H2,1-3H3. The van der Waals surface area contributed by atoms with Crippen molar-refractivity contribution < 1.29 is 14.6 Å². The molecule has 0 aromatic heterocycles. The van der Waals surface area contributed by atoms with Crippen LogP contribution in [-0.2, 0) is 9.53 Å². The van der Waals surface area contributed by atoms with Crippen LogP contribution < -0.4 is 5.32 Å². The first-order chi connectivity index (χ1) is 12.6. The van der Waals surface area contributed by atoms with E-state index in [-0.39, 0.29) is 18.5 Å². The Morgan fingerprint density at radius 1 is 0.808 bits per heavy atom. The Morgan fingerprint density at radius 2 is 1.38 bits per heavy atom. The molecule has 0 aromatic carbocycles. The SMILES string of the molecule is CC(C)CCCCCCCCOC(=O)C(C)CCCCCCNCCO. The van der Waals surface area contributed by atoms with Crippen LogP contribution >= 0.6 is 0 Å². The molecule has 0 saturated heterocycles. The summed E-state index contributed by atoms with van der Waals surface area (Å²) in [7, 11) is 0. The molecule has 0 spiro atoms. The van der Waals surface area contributed by atoms with E-state index in [0.717, 1.165) is 44.6 Å². The number of hydrogen-bond donors (Lipinski definition) is 2. The average Bonchev–Trinajstić information content (AvgIpc) is 2.61. The van der Waals surface area contributed by atoms with Crippen molar-refractivity contribution in [3.05, 3.63) is 0 Å². The third-order valence-electron chi connectivity index (χ3n) is 4.85. The Kier molecular flexibility index (Phi) is 18.7. The van der Waals surface area contributed by atoms with Gasteiger partial charge in [-0.05, 0) is 31.7 Å². The molecule has 1 unspecified atom stereocenters. The van der Waals surface area contributed by atoms with Crippen LogP contribution in [0.25, 0.3) is 0 Å². The van der Waals surface area contributed by atoms with E-state index in [0.29, 0.717) is 13.2 Å². The molecule has 156 valence electrons. The van der Waals surface area contributed by atoms with Gasteiger partial charge in [-0.2, -0.15) is 0 Å². The lowest BCUT2D eigenvalue weighted by molar-refractivity contribution is -0.148. The summed E-state index contributed by atoms with van der Waals surface area (Å²) in [4.78, 5) is 12.0. The number of esters is 1. The highest BCUT2D eigenvalue weighted by Crippen LogP contribution is 2.13. The highest BCUT2D eigenvalue weighted by molar-refractivity contribution is 5.71. The van der Waals surface area contributed by atoms with Crippen LogP contribution in [0.4, 0.5) is 0 Å². The van der Waals surface area contributed by atoms with Crippen LogP contribution in [0.5, 0.6) is 0 Å². The second-order valence-corrected chi connectivity index (χ2v) is 8.05. The molecule has 0 radical (unpaired) electrons. The first-order valence-corrected chi connectivity index (χ1v) is 11.1. The van der Waals surface area contributed by atoms with Crippen molar-refractivity contribution in [1.29, 1.82) is 0 Å². The normalized spacial score (nSPS) is 12.5. The van der Waals surface area contributed by atoms with E-state index >= 15 is 0 Å². The summed E-state index contributed by atoms with van der Waals surface area (Å²) in [5, 5.41) is 11.8. The Bertz CT molecular complexity index is 308. The Balaban J connectivity index is 3.35. The molecule has 2 N–H and O–H groups in total. The molecule has 0 aliphatic carbocycles. The van der Waals surface area contributed by atoms with Crippen molar-refractivity contribution in [3.63, 3.8) is 0 Å². The molecule has 4 nitrogen and oxygen atoms in total. The highest BCUT2D eigenvalue weighted by Gasteiger charge is 2.13. The molecule has 0 aromatic rings. The topological polar surface area (TPSA) is 58.6 Å². The predicted molar refractivity (Wildman–Crippen MR) is 110 cm³/mol. The smallest absolute Gasteiger partial charge is 0.308 e. The van der Waals surface area contributed by atoms with Gasteiger partial charge >= 0.3 is 5.97 Å². The molecule has 0 fully saturated rings. The quantitative estimate of drug-likeness (QED) is 0.245. The monoisotopic (exact) mass is 371 g/mol. The number of rotatable bonds is 19. The number of hydrogen-bond acceptors (Lipinski definition) is 4. The molecule has 0 aliphatic heterocycles. The second-order valence-electron chi connectivity index (χ2n) is 8.05. The largest absolute Gasteiger partial charge is 0.465 e. The van der Waals surface area contributed by atoms with Crippen LogP contribution in [0.3, 0.4) is 0 Å². The van der Waals surface area contributed by atoms with E-state index in [1.165, 1.54) is 44.9 Å². The van der Waals surface area contributed by atoms with Crippen LogP contribution in [0.2, 0.25) is 0 Å². The fraction of sp³-hybridized carbons (Fsp3) is 0.955. The van der Waals surface area contributed by atoms with Crippen LogP contribution in [0.15, 0.2) is 0 Å². The van der Waals surface area contributed by atoms with E-state index in [1.807, 2.05) is 6.92 Å². The van der Waals surface area contributed by atoms with Gasteiger partial charge in [0.25, 0.3) is 0 Å². The molecule has 4 heteroatoms. The lowest BCUT2D eigenvalue weighted by Crippen LogP contribution is -2.19. The van der Waals surface area contributed by atoms with Crippen molar-refractivity contribution in [3.8, 4) is 0 Å². The fourth-order valence-electron chi connectivity index (χ4n) is 3.05. The van der Waals surface area contributed by atoms with Gasteiger partial charge in [0.1, 0.15) is 0 Å². The molecule has 1 atom stereocenters. The summed E-state index contributed by atoms with van der Waals surface area (Å²) < 4.78 is 5.41. The van der Waals surface area contributed by atoms with E-state index in [4.69, 9.17) is 9.84 Å². The van der Waals surface area contributed by atoms with Crippen molar-refractivity contribution in [2.24, 2.45) is 11.8 Å². The van der Waals surface area contributed by atoms with Crippen molar-refractivity contribution >= 4 is 5.97 Å². The van der Waals surface area contributed by atoms with Gasteiger partial charge < -0.3 is 15.2 Å². The Hall–Kier alpha value is -0.610. The van der Waals surface area contributed by atoms with Gasteiger partial charge in [0.15, 0.2) is 0 Å². The molecule has 0 aliphatic rings. The van der Waals surface area contributed by atoms with E-state index in [9.17, 15) is 4.79 Å². The summed E-state index contributed by atoms with van der Waals surface area (Å²) in [5.41, 5.74) is 0. The molecule has 0 rings (SSSR count). The summed E-state index contributed by atoms with van der Waals surface area (Å²) in [6.45, 7) is 9.00. The summed E-state index contributed by atoms with van der Waals surface area (Å²) in [6, 6.07) is 0. The predicted octanol–water partition coefficient (Wildman–Crippen LogP) is 5.08. The van der Waals surface area contributed by atoms with E-state index in [2.05, 4.69) is 19.2 Å². The highest BCUT2D eigenvalue weighted by atomic mass is 16.5. The molecular formula is C22H45NO3. The third kappa shape index (κ3) is 18.2. The van der Waals surface area contributed by atoms with Crippen molar-refractivity contribution in [2.75, 3.05) is 26.3 Å². The number of unbranched alkanes of at least 4 members (excludes halogenated alkanes) is 8. The summed E-state index contributed by atoms with van der Waals surface area (Å²) in [6.07, 6.45) is 14.3. The number of aliphatic hydroxyl groups is 1. The van der Waals surface area contributed by atoms with Gasteiger partial charge in [-0.1, -0.05) is 78.6 Å². The zero-order valence-electron chi connectivity index (χ0n) is 17.7. The molecule has 0 saturated carbocycles. The Labute approximate surface area is 162 Å². The lowest BCUT2D eigenvalue weighted by atomic mass is 10.0. The van der Waals surface area contributed by atoms with Gasteiger partial charge in [-0.25, -0.2) is 0 Å². The third-order valence-corrected chi connectivity index (χ3v) is 4.85. The van der Waals surface area contributed by atoms with Crippen LogP contribution in [0, 0.1) is 11.8 Å². The maximum absolute atomic E-state index is 12.0. The van der Waals surface area contributed by atoms with Gasteiger partial charge in [-0.3, -0.25) is 4.79 Å². The second kappa shape index (κ2) is 19.2. The van der Waals surface area contributed by atoms with Gasteiger partial charge in [0, 0.05) is 6.54 Å². The fourth-order valence-corrected chi connectivity index (χ4v) is 3.05. The zero-order valence-corrected chi connectivity index (χ0v) is 17.7. The zero-order chi connectivity index (χ0) is 19.5. The van der Waals surface area contributed by atoms with Crippen molar-refractivity contribution in [2.45, 2.75) is 97.8 Å². The molecule has 0 bridgehead atoms. The number of ether oxygens (including phenoxy) is 1. The minimum Gasteiger partial charge on any atom is -0.465 e. The first-order valence-electron chi connectivity index (χ1n) is 11.1. The van der Waals surface area contributed by atoms with Gasteiger partial charge in [0.2, 0.25) is 0 Å². The molecular weight excluding hydrogens is 326 g/mol. The van der Waals surface area contributed by atoms with E-state index < -0.39 is 0 Å². The maximum Gasteiger partial charge on any atom is 0.308 e. The minimum atomic E-state index is -0.0217. The number of nitrogens with one attached hydrogen (secondary N) is 1. The molecule has 0 amide bonds. The average molecular weight is 372 g/mol. The maximum atomic E-state index is 12.0. The molecule has 26 heavy (non-hydrogen) atoms. The first kappa shape index (κ1) is 25.4. The summed E-state index contributed by atoms with van der Waals surface area (Å²) >= 11 is 0. The van der Waals surface area contributed by atoms with Crippen LogP contribution in [-0.4, -0.2) is 37.4 Å². The van der Waals surface area contributed by atoms with Gasteiger partial charge in [-0.15, -0.1) is 0 Å². The van der Waals surface area contributed by atoms with Gasteiger partial charge in [0.05, 0.1) is 19.1 Å². The molecule has 0 heterocycles. The number of aliphatic hydroxyl groups excluding tert-OH is 1. The van der Waals surface area contributed by atoms with Crippen LogP contribution in [0.1, 0.15) is 97.8 Å². The number of carbonyl (C=O) groups is 1. The lowest BCUT2D eigenvalue weighted by Gasteiger charge is -2.11. The summed E-state index contributed by atoms with van der Waals surface area (Å²) in [5.74, 6) is 0.829. The minimum absolute atomic E-state index is 0.0217. The van der Waals surface area contributed by atoms with E-state index in [1.54, 1.807) is 0 Å². The Morgan fingerprint density at radius 3 is 2.04 bits per heavy atom. The van der Waals surface area contributed by atoms with Crippen molar-refractivity contribution in [1.82, 2.24) is 5.32 Å². The number of carbonyl (C=O) groups excluding carboxylic acids is 1.